The maximum Gasteiger partial charge on any atom is 0.160 e. The van der Waals surface area contributed by atoms with E-state index in [1.165, 1.54) is 5.56 Å². The number of aromatic nitrogens is 5. The molecule has 0 saturated heterocycles. The molecular weight excluding hydrogens is 300 g/mol. The Labute approximate surface area is 139 Å². The Morgan fingerprint density at radius 3 is 2.75 bits per heavy atom. The molecule has 24 heavy (non-hydrogen) atoms. The lowest BCUT2D eigenvalue weighted by Gasteiger charge is -2.06. The van der Waals surface area contributed by atoms with Crippen LogP contribution in [0.25, 0.3) is 5.65 Å². The van der Waals surface area contributed by atoms with Gasteiger partial charge in [-0.25, -0.2) is 4.98 Å². The number of H-pyrrole nitrogens is 1. The lowest BCUT2D eigenvalue weighted by Crippen LogP contribution is -2.00. The van der Waals surface area contributed by atoms with Crippen LogP contribution in [-0.2, 0) is 13.0 Å². The van der Waals surface area contributed by atoms with Gasteiger partial charge in [0.2, 0.25) is 0 Å². The van der Waals surface area contributed by atoms with Crippen molar-refractivity contribution in [1.82, 2.24) is 24.6 Å². The molecule has 0 spiro atoms. The number of aryl methyl sites for hydroxylation is 1. The lowest BCUT2D eigenvalue weighted by molar-refractivity contribution is 0.934. The molecule has 0 bridgehead atoms. The Morgan fingerprint density at radius 2 is 1.96 bits per heavy atom. The third-order valence-corrected chi connectivity index (χ3v) is 3.94. The van der Waals surface area contributed by atoms with E-state index in [0.29, 0.717) is 0 Å². The molecule has 0 aliphatic heterocycles. The Hall–Kier alpha value is -3.15. The summed E-state index contributed by atoms with van der Waals surface area (Å²) in [4.78, 5) is 7.41. The SMILES string of the molecule is Cc1ncc(CNc2ccc(Cc3nnc4ccccn34)cc2)[nH]1. The number of imidazole rings is 1. The Bertz CT molecular complexity index is 951. The Morgan fingerprint density at radius 1 is 1.08 bits per heavy atom. The first-order chi connectivity index (χ1) is 11.8. The third kappa shape index (κ3) is 2.99. The monoisotopic (exact) mass is 318 g/mol. The van der Waals surface area contributed by atoms with Gasteiger partial charge in [-0.05, 0) is 36.8 Å². The average molecular weight is 318 g/mol. The standard InChI is InChI=1S/C18H18N6/c1-13-19-11-16(21-13)12-20-15-7-5-14(6-8-15)10-18-23-22-17-4-2-3-9-24(17)18/h2-9,11,20H,10,12H2,1H3,(H,19,21). The fourth-order valence-electron chi connectivity index (χ4n) is 2.69. The molecular formula is C18H18N6. The van der Waals surface area contributed by atoms with Gasteiger partial charge in [-0.3, -0.25) is 4.40 Å². The fourth-order valence-corrected chi connectivity index (χ4v) is 2.69. The summed E-state index contributed by atoms with van der Waals surface area (Å²) in [6.07, 6.45) is 4.60. The molecule has 2 N–H and O–H groups in total. The molecule has 120 valence electrons. The second-order valence-electron chi connectivity index (χ2n) is 5.77. The van der Waals surface area contributed by atoms with E-state index in [1.54, 1.807) is 0 Å². The molecule has 0 amide bonds. The third-order valence-electron chi connectivity index (χ3n) is 3.94. The maximum atomic E-state index is 4.28. The maximum absolute atomic E-state index is 4.28. The molecule has 0 radical (unpaired) electrons. The highest BCUT2D eigenvalue weighted by Gasteiger charge is 2.05. The van der Waals surface area contributed by atoms with Crippen molar-refractivity contribution in [2.24, 2.45) is 0 Å². The van der Waals surface area contributed by atoms with Crippen LogP contribution in [0.3, 0.4) is 0 Å². The molecule has 4 rings (SSSR count). The first-order valence-corrected chi connectivity index (χ1v) is 7.90. The lowest BCUT2D eigenvalue weighted by atomic mass is 10.1. The van der Waals surface area contributed by atoms with Gasteiger partial charge in [0.25, 0.3) is 0 Å². The van der Waals surface area contributed by atoms with Crippen molar-refractivity contribution < 1.29 is 0 Å². The van der Waals surface area contributed by atoms with E-state index < -0.39 is 0 Å². The second-order valence-corrected chi connectivity index (χ2v) is 5.77. The van der Waals surface area contributed by atoms with Gasteiger partial charge in [0, 0.05) is 18.3 Å². The molecule has 6 heteroatoms. The van der Waals surface area contributed by atoms with Crippen molar-refractivity contribution in [3.8, 4) is 0 Å². The first-order valence-electron chi connectivity index (χ1n) is 7.90. The highest BCUT2D eigenvalue weighted by molar-refractivity contribution is 5.45. The first kappa shape index (κ1) is 14.4. The van der Waals surface area contributed by atoms with Crippen LogP contribution in [0.15, 0.2) is 54.9 Å². The van der Waals surface area contributed by atoms with Gasteiger partial charge in [-0.15, -0.1) is 10.2 Å². The molecule has 0 fully saturated rings. The number of nitrogens with one attached hydrogen (secondary N) is 2. The number of aromatic amines is 1. The largest absolute Gasteiger partial charge is 0.379 e. The van der Waals surface area contributed by atoms with Crippen LogP contribution in [0.4, 0.5) is 5.69 Å². The predicted octanol–water partition coefficient (Wildman–Crippen LogP) is 2.96. The zero-order valence-electron chi connectivity index (χ0n) is 13.4. The summed E-state index contributed by atoms with van der Waals surface area (Å²) in [5.41, 5.74) is 4.24. The van der Waals surface area contributed by atoms with Crippen LogP contribution in [-0.4, -0.2) is 24.6 Å². The van der Waals surface area contributed by atoms with Gasteiger partial charge in [0.05, 0.1) is 18.4 Å². The highest BCUT2D eigenvalue weighted by atomic mass is 15.2. The number of rotatable bonds is 5. The number of benzene rings is 1. The molecule has 4 aromatic rings. The van der Waals surface area contributed by atoms with Crippen LogP contribution >= 0.6 is 0 Å². The molecule has 3 aromatic heterocycles. The Balaban J connectivity index is 1.43. The summed E-state index contributed by atoms with van der Waals surface area (Å²) in [5.74, 6) is 1.88. The number of hydrogen-bond acceptors (Lipinski definition) is 4. The van der Waals surface area contributed by atoms with Crippen molar-refractivity contribution >= 4 is 11.3 Å². The molecule has 1 aromatic carbocycles. The molecule has 0 saturated carbocycles. The van der Waals surface area contributed by atoms with Gasteiger partial charge < -0.3 is 10.3 Å². The number of pyridine rings is 1. The molecule has 3 heterocycles. The van der Waals surface area contributed by atoms with Crippen LogP contribution < -0.4 is 5.32 Å². The number of nitrogens with zero attached hydrogens (tertiary/aromatic N) is 4. The van der Waals surface area contributed by atoms with E-state index in [9.17, 15) is 0 Å². The quantitative estimate of drug-likeness (QED) is 0.593. The second kappa shape index (κ2) is 6.16. The Kier molecular flexibility index (Phi) is 3.70. The van der Waals surface area contributed by atoms with Crippen LogP contribution in [0.2, 0.25) is 0 Å². The van der Waals surface area contributed by atoms with Gasteiger partial charge in [0.1, 0.15) is 11.6 Å². The summed E-state index contributed by atoms with van der Waals surface area (Å²) in [7, 11) is 0. The predicted molar refractivity (Wildman–Crippen MR) is 92.9 cm³/mol. The van der Waals surface area contributed by atoms with Crippen molar-refractivity contribution in [3.63, 3.8) is 0 Å². The van der Waals surface area contributed by atoms with Gasteiger partial charge in [-0.2, -0.15) is 0 Å². The fraction of sp³-hybridized carbons (Fsp3) is 0.167. The van der Waals surface area contributed by atoms with E-state index in [-0.39, 0.29) is 0 Å². The minimum atomic E-state index is 0.731. The molecule has 0 unspecified atom stereocenters. The topological polar surface area (TPSA) is 70.9 Å². The summed E-state index contributed by atoms with van der Waals surface area (Å²) >= 11 is 0. The number of fused-ring (bicyclic) bond motifs is 1. The van der Waals surface area contributed by atoms with Crippen molar-refractivity contribution in [3.05, 3.63) is 77.8 Å². The van der Waals surface area contributed by atoms with E-state index in [0.717, 1.165) is 41.6 Å². The summed E-state index contributed by atoms with van der Waals surface area (Å²) < 4.78 is 2.02. The van der Waals surface area contributed by atoms with E-state index in [1.807, 2.05) is 41.9 Å². The van der Waals surface area contributed by atoms with Crippen molar-refractivity contribution in [2.75, 3.05) is 5.32 Å². The normalized spacial score (nSPS) is 11.0. The molecule has 6 nitrogen and oxygen atoms in total. The van der Waals surface area contributed by atoms with Crippen LogP contribution in [0, 0.1) is 6.92 Å². The summed E-state index contributed by atoms with van der Waals surface area (Å²) in [6.45, 7) is 2.68. The van der Waals surface area contributed by atoms with Crippen molar-refractivity contribution in [1.29, 1.82) is 0 Å². The van der Waals surface area contributed by atoms with E-state index >= 15 is 0 Å². The highest BCUT2D eigenvalue weighted by Crippen LogP contribution is 2.14. The van der Waals surface area contributed by atoms with Gasteiger partial charge >= 0.3 is 0 Å². The molecule has 0 atom stereocenters. The van der Waals surface area contributed by atoms with E-state index in [2.05, 4.69) is 49.7 Å². The van der Waals surface area contributed by atoms with Gasteiger partial charge in [-0.1, -0.05) is 18.2 Å². The van der Waals surface area contributed by atoms with E-state index in [4.69, 9.17) is 0 Å². The molecule has 0 aliphatic rings. The zero-order valence-corrected chi connectivity index (χ0v) is 13.4. The zero-order chi connectivity index (χ0) is 16.4. The summed E-state index contributed by atoms with van der Waals surface area (Å²) in [5, 5.41) is 11.9. The smallest absolute Gasteiger partial charge is 0.160 e. The van der Waals surface area contributed by atoms with Crippen LogP contribution in [0.1, 0.15) is 22.9 Å². The summed E-state index contributed by atoms with van der Waals surface area (Å²) in [6, 6.07) is 14.3. The number of anilines is 1. The van der Waals surface area contributed by atoms with Crippen molar-refractivity contribution in [2.45, 2.75) is 19.9 Å². The molecule has 0 aliphatic carbocycles. The number of hydrogen-bond donors (Lipinski definition) is 2. The minimum absolute atomic E-state index is 0.731. The van der Waals surface area contributed by atoms with Crippen LogP contribution in [0.5, 0.6) is 0 Å². The van der Waals surface area contributed by atoms with Gasteiger partial charge in [0.15, 0.2) is 5.65 Å². The average Bonchev–Trinajstić information content (AvgIpc) is 3.21. The minimum Gasteiger partial charge on any atom is -0.379 e.